The summed E-state index contributed by atoms with van der Waals surface area (Å²) in [5.41, 5.74) is 2.65. The summed E-state index contributed by atoms with van der Waals surface area (Å²) in [5.74, 6) is 0.744. The van der Waals surface area contributed by atoms with Crippen molar-refractivity contribution in [1.29, 1.82) is 0 Å². The first-order chi connectivity index (χ1) is 17.3. The molecule has 0 bridgehead atoms. The van der Waals surface area contributed by atoms with E-state index in [1.54, 1.807) is 43.6 Å². The molecule has 0 aliphatic carbocycles. The highest BCUT2D eigenvalue weighted by Gasteiger charge is 2.21. The molecule has 182 valence electrons. The molecule has 0 atom stereocenters. The van der Waals surface area contributed by atoms with Gasteiger partial charge in [0.05, 0.1) is 28.1 Å². The van der Waals surface area contributed by atoms with E-state index >= 15 is 0 Å². The van der Waals surface area contributed by atoms with Gasteiger partial charge in [-0.1, -0.05) is 54.2 Å². The van der Waals surface area contributed by atoms with Gasteiger partial charge in [-0.25, -0.2) is 8.42 Å². The van der Waals surface area contributed by atoms with Gasteiger partial charge in [-0.2, -0.15) is 0 Å². The maximum atomic E-state index is 13.4. The average Bonchev–Trinajstić information content (AvgIpc) is 2.87. The Kier molecular flexibility index (Phi) is 6.24. The number of nitrogens with zero attached hydrogens (tertiary/aromatic N) is 1. The lowest BCUT2D eigenvalue weighted by Gasteiger charge is -2.16. The molecule has 0 radical (unpaired) electrons. The molecule has 6 nitrogen and oxygen atoms in total. The summed E-state index contributed by atoms with van der Waals surface area (Å²) in [5, 5.41) is 13.3. The Bertz CT molecular complexity index is 1710. The highest BCUT2D eigenvalue weighted by atomic mass is 32.2. The zero-order valence-electron chi connectivity index (χ0n) is 19.9. The van der Waals surface area contributed by atoms with Gasteiger partial charge in [0.2, 0.25) is 0 Å². The first kappa shape index (κ1) is 24.0. The van der Waals surface area contributed by atoms with Crippen molar-refractivity contribution in [3.05, 3.63) is 90.1 Å². The average molecular weight is 517 g/mol. The second kappa shape index (κ2) is 9.37. The van der Waals surface area contributed by atoms with Gasteiger partial charge in [0.15, 0.2) is 0 Å². The van der Waals surface area contributed by atoms with Gasteiger partial charge in [-0.05, 0) is 55.3 Å². The molecule has 0 aliphatic heterocycles. The second-order valence-corrected chi connectivity index (χ2v) is 11.2. The summed E-state index contributed by atoms with van der Waals surface area (Å²) in [6, 6.07) is 21.7. The molecule has 0 fully saturated rings. The van der Waals surface area contributed by atoms with E-state index in [1.165, 1.54) is 11.8 Å². The van der Waals surface area contributed by atoms with Crippen molar-refractivity contribution in [3.8, 4) is 11.5 Å². The molecule has 4 aromatic carbocycles. The van der Waals surface area contributed by atoms with E-state index < -0.39 is 10.0 Å². The Balaban J connectivity index is 1.62. The number of rotatable bonds is 6. The monoisotopic (exact) mass is 516 g/mol. The van der Waals surface area contributed by atoms with Crippen molar-refractivity contribution in [2.75, 3.05) is 11.8 Å². The van der Waals surface area contributed by atoms with Crippen LogP contribution in [0, 0.1) is 13.8 Å². The number of methoxy groups -OCH3 is 1. The molecule has 0 aliphatic rings. The Labute approximate surface area is 214 Å². The SMILES string of the molecule is COc1c(C)cc(S(=O)(=O)Nc2cc(Sc3cccc4cccnc34)c(O)c3ccccc23)cc1C. The normalized spacial score (nSPS) is 11.6. The number of phenolic OH excluding ortho intramolecular Hbond substituents is 1. The Morgan fingerprint density at radius 1 is 0.889 bits per heavy atom. The van der Waals surface area contributed by atoms with Crippen molar-refractivity contribution >= 4 is 49.1 Å². The highest BCUT2D eigenvalue weighted by Crippen LogP contribution is 2.44. The maximum absolute atomic E-state index is 13.4. The standard InChI is InChI=1S/C28H24N2O4S2/c1-17-14-20(15-18(2)28(17)34-3)36(32,33)30-23-16-25(27(31)22-11-5-4-10-21(22)23)35-24-12-6-8-19-9-7-13-29-26(19)24/h4-16,30-31H,1-3H3. The number of pyridine rings is 1. The van der Waals surface area contributed by atoms with Crippen molar-refractivity contribution in [3.63, 3.8) is 0 Å². The minimum atomic E-state index is -3.92. The molecule has 1 aromatic heterocycles. The molecule has 2 N–H and O–H groups in total. The minimum absolute atomic E-state index is 0.0858. The van der Waals surface area contributed by atoms with Crippen LogP contribution in [0.3, 0.4) is 0 Å². The number of anilines is 1. The number of fused-ring (bicyclic) bond motifs is 2. The van der Waals surface area contributed by atoms with E-state index in [0.29, 0.717) is 27.1 Å². The van der Waals surface area contributed by atoms with Crippen LogP contribution in [0.2, 0.25) is 0 Å². The molecule has 5 aromatic rings. The zero-order valence-corrected chi connectivity index (χ0v) is 21.6. The van der Waals surface area contributed by atoms with Crippen LogP contribution < -0.4 is 9.46 Å². The number of aryl methyl sites for hydroxylation is 2. The smallest absolute Gasteiger partial charge is 0.261 e. The van der Waals surface area contributed by atoms with Crippen molar-refractivity contribution < 1.29 is 18.3 Å². The summed E-state index contributed by atoms with van der Waals surface area (Å²) < 4.78 is 35.0. The summed E-state index contributed by atoms with van der Waals surface area (Å²) in [6.07, 6.45) is 1.73. The van der Waals surface area contributed by atoms with Gasteiger partial charge in [0, 0.05) is 27.3 Å². The first-order valence-electron chi connectivity index (χ1n) is 11.2. The molecule has 0 amide bonds. The Morgan fingerprint density at radius 2 is 1.58 bits per heavy atom. The number of aromatic nitrogens is 1. The van der Waals surface area contributed by atoms with E-state index in [9.17, 15) is 13.5 Å². The lowest BCUT2D eigenvalue weighted by molar-refractivity contribution is 0.408. The van der Waals surface area contributed by atoms with E-state index in [0.717, 1.165) is 26.9 Å². The number of benzene rings is 4. The van der Waals surface area contributed by atoms with Gasteiger partial charge >= 0.3 is 0 Å². The topological polar surface area (TPSA) is 88.5 Å². The zero-order chi connectivity index (χ0) is 25.4. The van der Waals surface area contributed by atoms with Gasteiger partial charge in [0.1, 0.15) is 11.5 Å². The molecule has 1 heterocycles. The molecule has 0 saturated carbocycles. The Hall–Kier alpha value is -3.75. The highest BCUT2D eigenvalue weighted by molar-refractivity contribution is 7.99. The summed E-state index contributed by atoms with van der Waals surface area (Å²) in [6.45, 7) is 3.63. The number of phenols is 1. The van der Waals surface area contributed by atoms with E-state index in [-0.39, 0.29) is 10.6 Å². The fourth-order valence-electron chi connectivity index (χ4n) is 4.37. The van der Waals surface area contributed by atoms with E-state index in [1.807, 2.05) is 56.3 Å². The quantitative estimate of drug-likeness (QED) is 0.245. The number of aromatic hydroxyl groups is 1. The third kappa shape index (κ3) is 4.34. The molecule has 5 rings (SSSR count). The van der Waals surface area contributed by atoms with Crippen LogP contribution in [0.25, 0.3) is 21.7 Å². The first-order valence-corrected chi connectivity index (χ1v) is 13.5. The largest absolute Gasteiger partial charge is 0.506 e. The number of sulfonamides is 1. The van der Waals surface area contributed by atoms with Crippen LogP contribution >= 0.6 is 11.8 Å². The van der Waals surface area contributed by atoms with Gasteiger partial charge < -0.3 is 9.84 Å². The van der Waals surface area contributed by atoms with Crippen LogP contribution in [-0.2, 0) is 10.0 Å². The van der Waals surface area contributed by atoms with Crippen molar-refractivity contribution in [1.82, 2.24) is 4.98 Å². The number of hydrogen-bond acceptors (Lipinski definition) is 6. The minimum Gasteiger partial charge on any atom is -0.506 e. The van der Waals surface area contributed by atoms with Crippen molar-refractivity contribution in [2.45, 2.75) is 28.5 Å². The number of nitrogens with one attached hydrogen (secondary N) is 1. The number of hydrogen-bond donors (Lipinski definition) is 2. The molecule has 0 spiro atoms. The predicted molar refractivity (Wildman–Crippen MR) is 145 cm³/mol. The molecule has 0 unspecified atom stereocenters. The van der Waals surface area contributed by atoms with E-state index in [4.69, 9.17) is 4.74 Å². The van der Waals surface area contributed by atoms with Crippen molar-refractivity contribution in [2.24, 2.45) is 0 Å². The summed E-state index contributed by atoms with van der Waals surface area (Å²) in [4.78, 5) is 6.01. The van der Waals surface area contributed by atoms with Crippen LogP contribution in [-0.4, -0.2) is 25.6 Å². The van der Waals surface area contributed by atoms with Gasteiger partial charge in [-0.3, -0.25) is 9.71 Å². The fraction of sp³-hybridized carbons (Fsp3) is 0.107. The number of ether oxygens (including phenoxy) is 1. The fourth-order valence-corrected chi connectivity index (χ4v) is 6.64. The predicted octanol–water partition coefficient (Wildman–Crippen LogP) is 6.67. The summed E-state index contributed by atoms with van der Waals surface area (Å²) in [7, 11) is -2.36. The maximum Gasteiger partial charge on any atom is 0.261 e. The van der Waals surface area contributed by atoms with Gasteiger partial charge in [0.25, 0.3) is 10.0 Å². The second-order valence-electron chi connectivity index (χ2n) is 8.45. The molecular weight excluding hydrogens is 492 g/mol. The van der Waals surface area contributed by atoms with Crippen LogP contribution in [0.4, 0.5) is 5.69 Å². The molecular formula is C28H24N2O4S2. The number of para-hydroxylation sites is 1. The van der Waals surface area contributed by atoms with Crippen LogP contribution in [0.1, 0.15) is 11.1 Å². The summed E-state index contributed by atoms with van der Waals surface area (Å²) >= 11 is 1.34. The molecule has 36 heavy (non-hydrogen) atoms. The van der Waals surface area contributed by atoms with Crippen LogP contribution in [0.5, 0.6) is 11.5 Å². The third-order valence-electron chi connectivity index (χ3n) is 5.99. The van der Waals surface area contributed by atoms with E-state index in [2.05, 4.69) is 9.71 Å². The van der Waals surface area contributed by atoms with Gasteiger partial charge in [-0.15, -0.1) is 0 Å². The third-order valence-corrected chi connectivity index (χ3v) is 8.41. The molecule has 8 heteroatoms. The lowest BCUT2D eigenvalue weighted by Crippen LogP contribution is -2.14. The van der Waals surface area contributed by atoms with Crippen LogP contribution in [0.15, 0.2) is 93.7 Å². The lowest BCUT2D eigenvalue weighted by atomic mass is 10.1. The Morgan fingerprint density at radius 3 is 2.31 bits per heavy atom. The molecule has 0 saturated heterocycles.